The fourth-order valence-corrected chi connectivity index (χ4v) is 2.38. The molecule has 0 saturated heterocycles. The van der Waals surface area contributed by atoms with Crippen molar-refractivity contribution in [1.82, 2.24) is 9.97 Å². The van der Waals surface area contributed by atoms with E-state index in [1.807, 2.05) is 0 Å². The molecule has 0 aliphatic rings. The van der Waals surface area contributed by atoms with Gasteiger partial charge in [-0.1, -0.05) is 31.5 Å². The third-order valence-corrected chi connectivity index (χ3v) is 3.52. The lowest BCUT2D eigenvalue weighted by atomic mass is 10.0. The Labute approximate surface area is 127 Å². The first kappa shape index (κ1) is 15.3. The van der Waals surface area contributed by atoms with Crippen molar-refractivity contribution >= 4 is 17.3 Å². The summed E-state index contributed by atoms with van der Waals surface area (Å²) in [5.74, 6) is 2.24. The van der Waals surface area contributed by atoms with Crippen molar-refractivity contribution < 1.29 is 0 Å². The number of nitrogens with one attached hydrogen (secondary N) is 1. The predicted molar refractivity (Wildman–Crippen MR) is 89.5 cm³/mol. The van der Waals surface area contributed by atoms with Crippen LogP contribution in [0, 0.1) is 6.92 Å². The van der Waals surface area contributed by atoms with Gasteiger partial charge < -0.3 is 10.2 Å². The van der Waals surface area contributed by atoms with Gasteiger partial charge in [0.25, 0.3) is 0 Å². The van der Waals surface area contributed by atoms with Gasteiger partial charge in [-0.25, -0.2) is 9.97 Å². The van der Waals surface area contributed by atoms with Crippen LogP contribution in [0.4, 0.5) is 17.3 Å². The van der Waals surface area contributed by atoms with Crippen molar-refractivity contribution in [3.8, 4) is 0 Å². The van der Waals surface area contributed by atoms with E-state index in [1.165, 1.54) is 5.56 Å². The highest BCUT2D eigenvalue weighted by Gasteiger charge is 2.18. The normalized spacial score (nSPS) is 10.8. The molecule has 1 aromatic carbocycles. The Kier molecular flexibility index (Phi) is 4.78. The van der Waals surface area contributed by atoms with E-state index in [9.17, 15) is 0 Å². The number of rotatable bonds is 5. The van der Waals surface area contributed by atoms with Crippen LogP contribution >= 0.6 is 0 Å². The van der Waals surface area contributed by atoms with Crippen LogP contribution in [0.25, 0.3) is 0 Å². The molecule has 0 unspecified atom stereocenters. The maximum atomic E-state index is 4.52. The molecule has 2 aromatic rings. The van der Waals surface area contributed by atoms with Gasteiger partial charge in [0.1, 0.15) is 18.0 Å². The molecule has 112 valence electrons. The van der Waals surface area contributed by atoms with Crippen LogP contribution in [-0.2, 0) is 0 Å². The van der Waals surface area contributed by atoms with E-state index in [1.54, 1.807) is 6.33 Å². The molecule has 2 rings (SSSR count). The predicted octanol–water partition coefficient (Wildman–Crippen LogP) is 4.11. The lowest BCUT2D eigenvalue weighted by Gasteiger charge is -2.24. The van der Waals surface area contributed by atoms with Crippen molar-refractivity contribution in [3.63, 3.8) is 0 Å². The zero-order chi connectivity index (χ0) is 15.4. The lowest BCUT2D eigenvalue weighted by Crippen LogP contribution is -2.17. The van der Waals surface area contributed by atoms with E-state index < -0.39 is 0 Å². The molecular formula is C17H24N4. The van der Waals surface area contributed by atoms with Gasteiger partial charge in [-0.2, -0.15) is 0 Å². The molecule has 1 heterocycles. The van der Waals surface area contributed by atoms with E-state index in [0.29, 0.717) is 5.92 Å². The SMILES string of the molecule is CCNc1ncnc(N(C)c2ccc(C)cc2)c1C(C)C. The van der Waals surface area contributed by atoms with Crippen LogP contribution in [-0.4, -0.2) is 23.6 Å². The fourth-order valence-electron chi connectivity index (χ4n) is 2.38. The van der Waals surface area contributed by atoms with Gasteiger partial charge in [0.15, 0.2) is 0 Å². The van der Waals surface area contributed by atoms with Crippen LogP contribution in [0.3, 0.4) is 0 Å². The zero-order valence-electron chi connectivity index (χ0n) is 13.5. The highest BCUT2D eigenvalue weighted by molar-refractivity contribution is 5.67. The number of hydrogen-bond donors (Lipinski definition) is 1. The largest absolute Gasteiger partial charge is 0.370 e. The summed E-state index contributed by atoms with van der Waals surface area (Å²) >= 11 is 0. The molecule has 1 N–H and O–H groups in total. The molecule has 4 heteroatoms. The Bertz CT molecular complexity index is 590. The van der Waals surface area contributed by atoms with E-state index >= 15 is 0 Å². The second-order valence-electron chi connectivity index (χ2n) is 5.54. The highest BCUT2D eigenvalue weighted by Crippen LogP contribution is 2.33. The number of aryl methyl sites for hydroxylation is 1. The summed E-state index contributed by atoms with van der Waals surface area (Å²) in [6.45, 7) is 9.37. The Morgan fingerprint density at radius 1 is 1.14 bits per heavy atom. The monoisotopic (exact) mass is 284 g/mol. The summed E-state index contributed by atoms with van der Waals surface area (Å²) < 4.78 is 0. The molecule has 0 atom stereocenters. The quantitative estimate of drug-likeness (QED) is 0.897. The number of benzene rings is 1. The summed E-state index contributed by atoms with van der Waals surface area (Å²) in [5.41, 5.74) is 3.54. The van der Waals surface area contributed by atoms with E-state index in [4.69, 9.17) is 0 Å². The molecule has 0 saturated carbocycles. The summed E-state index contributed by atoms with van der Waals surface area (Å²) in [6, 6.07) is 8.48. The second-order valence-corrected chi connectivity index (χ2v) is 5.54. The molecule has 0 aliphatic carbocycles. The summed E-state index contributed by atoms with van der Waals surface area (Å²) in [6.07, 6.45) is 1.63. The van der Waals surface area contributed by atoms with Crippen molar-refractivity contribution in [2.24, 2.45) is 0 Å². The smallest absolute Gasteiger partial charge is 0.141 e. The van der Waals surface area contributed by atoms with Gasteiger partial charge >= 0.3 is 0 Å². The van der Waals surface area contributed by atoms with Crippen molar-refractivity contribution in [2.45, 2.75) is 33.6 Å². The maximum Gasteiger partial charge on any atom is 0.141 e. The molecular weight excluding hydrogens is 260 g/mol. The highest BCUT2D eigenvalue weighted by atomic mass is 15.2. The average molecular weight is 284 g/mol. The molecule has 0 spiro atoms. The molecule has 4 nitrogen and oxygen atoms in total. The molecule has 0 fully saturated rings. The number of aromatic nitrogens is 2. The van der Waals surface area contributed by atoms with Gasteiger partial charge in [0, 0.05) is 24.8 Å². The molecule has 0 bridgehead atoms. The molecule has 1 aromatic heterocycles. The van der Waals surface area contributed by atoms with Crippen molar-refractivity contribution in [2.75, 3.05) is 23.8 Å². The van der Waals surface area contributed by atoms with Crippen LogP contribution in [0.2, 0.25) is 0 Å². The molecule has 21 heavy (non-hydrogen) atoms. The van der Waals surface area contributed by atoms with Crippen molar-refractivity contribution in [3.05, 3.63) is 41.7 Å². The zero-order valence-corrected chi connectivity index (χ0v) is 13.5. The fraction of sp³-hybridized carbons (Fsp3) is 0.412. The van der Waals surface area contributed by atoms with E-state index in [0.717, 1.165) is 29.4 Å². The maximum absolute atomic E-state index is 4.52. The Morgan fingerprint density at radius 3 is 2.38 bits per heavy atom. The first-order valence-electron chi connectivity index (χ1n) is 7.43. The average Bonchev–Trinajstić information content (AvgIpc) is 2.47. The van der Waals surface area contributed by atoms with Gasteiger partial charge in [0.05, 0.1) is 0 Å². The van der Waals surface area contributed by atoms with Crippen LogP contribution in [0.1, 0.15) is 37.8 Å². The minimum atomic E-state index is 0.350. The second kappa shape index (κ2) is 6.57. The molecule has 0 aliphatic heterocycles. The van der Waals surface area contributed by atoms with Crippen LogP contribution < -0.4 is 10.2 Å². The standard InChI is InChI=1S/C17H24N4/c1-6-18-16-15(12(2)3)17(20-11-19-16)21(5)14-9-7-13(4)8-10-14/h7-12H,6H2,1-5H3,(H,18,19,20). The van der Waals surface area contributed by atoms with E-state index in [-0.39, 0.29) is 0 Å². The Hall–Kier alpha value is -2.10. The minimum Gasteiger partial charge on any atom is -0.370 e. The third kappa shape index (κ3) is 3.32. The lowest BCUT2D eigenvalue weighted by molar-refractivity contribution is 0.839. The topological polar surface area (TPSA) is 41.1 Å². The van der Waals surface area contributed by atoms with E-state index in [2.05, 4.69) is 79.2 Å². The summed E-state index contributed by atoms with van der Waals surface area (Å²) in [5, 5.41) is 3.34. The Morgan fingerprint density at radius 2 is 1.81 bits per heavy atom. The van der Waals surface area contributed by atoms with Crippen molar-refractivity contribution in [1.29, 1.82) is 0 Å². The first-order valence-corrected chi connectivity index (χ1v) is 7.43. The Balaban J connectivity index is 2.47. The summed E-state index contributed by atoms with van der Waals surface area (Å²) in [7, 11) is 2.05. The number of anilines is 3. The van der Waals surface area contributed by atoms with Crippen LogP contribution in [0.15, 0.2) is 30.6 Å². The molecule has 0 amide bonds. The van der Waals surface area contributed by atoms with Gasteiger partial charge in [-0.05, 0) is 31.9 Å². The number of nitrogens with zero attached hydrogens (tertiary/aromatic N) is 3. The third-order valence-electron chi connectivity index (χ3n) is 3.52. The molecule has 0 radical (unpaired) electrons. The number of hydrogen-bond acceptors (Lipinski definition) is 4. The first-order chi connectivity index (χ1) is 10.0. The summed E-state index contributed by atoms with van der Waals surface area (Å²) in [4.78, 5) is 11.0. The van der Waals surface area contributed by atoms with Gasteiger partial charge in [-0.15, -0.1) is 0 Å². The van der Waals surface area contributed by atoms with Crippen LogP contribution in [0.5, 0.6) is 0 Å². The minimum absolute atomic E-state index is 0.350. The van der Waals surface area contributed by atoms with Gasteiger partial charge in [-0.3, -0.25) is 0 Å². The van der Waals surface area contributed by atoms with Gasteiger partial charge in [0.2, 0.25) is 0 Å².